The Bertz CT molecular complexity index is 514. The number of aryl methyl sites for hydroxylation is 1. The van der Waals surface area contributed by atoms with E-state index in [0.29, 0.717) is 24.0 Å². The molecular weight excluding hydrogens is 297 g/mol. The summed E-state index contributed by atoms with van der Waals surface area (Å²) in [6.07, 6.45) is 6.31. The molecule has 0 N–H and O–H groups in total. The maximum atomic E-state index is 14.7. The molecule has 0 atom stereocenters. The Labute approximate surface area is 137 Å². The Morgan fingerprint density at radius 1 is 1.22 bits per heavy atom. The van der Waals surface area contributed by atoms with Gasteiger partial charge in [-0.1, -0.05) is 38.0 Å². The minimum Gasteiger partial charge on any atom is -0.206 e. The van der Waals surface area contributed by atoms with Gasteiger partial charge in [-0.25, -0.2) is 13.2 Å². The third-order valence-corrected chi connectivity index (χ3v) is 5.12. The zero-order valence-electron chi connectivity index (χ0n) is 14.0. The molecule has 2 rings (SSSR count). The quantitative estimate of drug-likeness (QED) is 0.476. The fourth-order valence-electron chi connectivity index (χ4n) is 3.85. The smallest absolute Gasteiger partial charge is 0.206 e. The maximum Gasteiger partial charge on any atom is 0.266 e. The van der Waals surface area contributed by atoms with E-state index in [1.54, 1.807) is 18.2 Å². The minimum absolute atomic E-state index is 0.0917. The van der Waals surface area contributed by atoms with E-state index in [0.717, 1.165) is 31.6 Å². The third kappa shape index (κ3) is 4.39. The molecular formula is C20H27F3. The van der Waals surface area contributed by atoms with Crippen molar-refractivity contribution in [2.45, 2.75) is 70.6 Å². The summed E-state index contributed by atoms with van der Waals surface area (Å²) in [5.74, 6) is 0.148. The summed E-state index contributed by atoms with van der Waals surface area (Å²) in [4.78, 5) is 0. The first kappa shape index (κ1) is 18.1. The predicted molar refractivity (Wildman–Crippen MR) is 89.5 cm³/mol. The summed E-state index contributed by atoms with van der Waals surface area (Å²) in [7, 11) is 0. The van der Waals surface area contributed by atoms with Gasteiger partial charge in [0.15, 0.2) is 0 Å². The summed E-state index contributed by atoms with van der Waals surface area (Å²) in [5, 5.41) is 0. The molecule has 1 aliphatic carbocycles. The van der Waals surface area contributed by atoms with Crippen molar-refractivity contribution in [2.24, 2.45) is 5.92 Å². The van der Waals surface area contributed by atoms with Crippen molar-refractivity contribution in [3.63, 3.8) is 0 Å². The number of halogens is 3. The van der Waals surface area contributed by atoms with Gasteiger partial charge in [-0.2, -0.15) is 0 Å². The molecule has 1 aromatic carbocycles. The lowest BCUT2D eigenvalue weighted by molar-refractivity contribution is 0.144. The van der Waals surface area contributed by atoms with E-state index in [1.807, 2.05) is 0 Å². The van der Waals surface area contributed by atoms with Gasteiger partial charge in [0.1, 0.15) is 5.82 Å². The molecule has 0 radical (unpaired) electrons. The lowest BCUT2D eigenvalue weighted by Gasteiger charge is -2.29. The summed E-state index contributed by atoms with van der Waals surface area (Å²) in [5.41, 5.74) is 0.526. The number of hydrogen-bond acceptors (Lipinski definition) is 0. The van der Waals surface area contributed by atoms with Crippen molar-refractivity contribution in [1.82, 2.24) is 0 Å². The molecule has 0 bridgehead atoms. The van der Waals surface area contributed by atoms with Gasteiger partial charge in [-0.3, -0.25) is 0 Å². The van der Waals surface area contributed by atoms with E-state index in [9.17, 15) is 13.2 Å². The molecule has 3 heteroatoms. The minimum atomic E-state index is -2.76. The topological polar surface area (TPSA) is 0 Å². The van der Waals surface area contributed by atoms with Gasteiger partial charge in [0.25, 0.3) is 6.43 Å². The van der Waals surface area contributed by atoms with Crippen LogP contribution in [-0.4, -0.2) is 0 Å². The van der Waals surface area contributed by atoms with Crippen LogP contribution in [0.4, 0.5) is 13.2 Å². The van der Waals surface area contributed by atoms with Gasteiger partial charge < -0.3 is 0 Å². The normalized spacial score (nSPS) is 21.6. The van der Waals surface area contributed by atoms with Gasteiger partial charge >= 0.3 is 0 Å². The average Bonchev–Trinajstić information content (AvgIpc) is 2.54. The molecule has 0 saturated heterocycles. The van der Waals surface area contributed by atoms with Crippen LogP contribution in [0, 0.1) is 11.7 Å². The highest BCUT2D eigenvalue weighted by Gasteiger charge is 2.27. The van der Waals surface area contributed by atoms with E-state index >= 15 is 0 Å². The van der Waals surface area contributed by atoms with Crippen LogP contribution in [0.5, 0.6) is 0 Å². The van der Waals surface area contributed by atoms with Crippen LogP contribution < -0.4 is 0 Å². The first-order chi connectivity index (χ1) is 11.1. The SMILES string of the molecule is C=CCCc1ccc(C2CCC(CCC)CC2)c(F)c1C(F)F. The van der Waals surface area contributed by atoms with E-state index in [4.69, 9.17) is 0 Å². The van der Waals surface area contributed by atoms with Gasteiger partial charge in [-0.05, 0) is 61.5 Å². The zero-order valence-corrected chi connectivity index (χ0v) is 14.0. The van der Waals surface area contributed by atoms with Gasteiger partial charge in [-0.15, -0.1) is 6.58 Å². The van der Waals surface area contributed by atoms with E-state index in [-0.39, 0.29) is 11.5 Å². The van der Waals surface area contributed by atoms with Crippen LogP contribution in [0.15, 0.2) is 24.8 Å². The lowest BCUT2D eigenvalue weighted by atomic mass is 9.76. The van der Waals surface area contributed by atoms with Crippen LogP contribution in [-0.2, 0) is 6.42 Å². The highest BCUT2D eigenvalue weighted by molar-refractivity contribution is 5.37. The molecule has 128 valence electrons. The van der Waals surface area contributed by atoms with Crippen molar-refractivity contribution in [1.29, 1.82) is 0 Å². The van der Waals surface area contributed by atoms with Crippen LogP contribution >= 0.6 is 0 Å². The van der Waals surface area contributed by atoms with Crippen LogP contribution in [0.25, 0.3) is 0 Å². The predicted octanol–water partition coefficient (Wildman–Crippen LogP) is 6.96. The first-order valence-corrected chi connectivity index (χ1v) is 8.78. The fraction of sp³-hybridized carbons (Fsp3) is 0.600. The zero-order chi connectivity index (χ0) is 16.8. The van der Waals surface area contributed by atoms with Crippen LogP contribution in [0.1, 0.15) is 80.9 Å². The Balaban J connectivity index is 2.20. The van der Waals surface area contributed by atoms with Crippen molar-refractivity contribution in [3.8, 4) is 0 Å². The number of hydrogen-bond donors (Lipinski definition) is 0. The Morgan fingerprint density at radius 3 is 2.48 bits per heavy atom. The van der Waals surface area contributed by atoms with E-state index in [2.05, 4.69) is 13.5 Å². The van der Waals surface area contributed by atoms with Gasteiger partial charge in [0, 0.05) is 0 Å². The van der Waals surface area contributed by atoms with Crippen molar-refractivity contribution in [3.05, 3.63) is 47.3 Å². The highest BCUT2D eigenvalue weighted by atomic mass is 19.3. The lowest BCUT2D eigenvalue weighted by Crippen LogP contribution is -2.15. The third-order valence-electron chi connectivity index (χ3n) is 5.12. The summed E-state index contributed by atoms with van der Waals surface area (Å²) in [6, 6.07) is 3.44. The Hall–Kier alpha value is -1.25. The number of alkyl halides is 2. The Morgan fingerprint density at radius 2 is 1.91 bits per heavy atom. The second kappa shape index (κ2) is 8.56. The Kier molecular flexibility index (Phi) is 6.73. The van der Waals surface area contributed by atoms with Crippen molar-refractivity contribution < 1.29 is 13.2 Å². The maximum absolute atomic E-state index is 14.7. The highest BCUT2D eigenvalue weighted by Crippen LogP contribution is 2.40. The van der Waals surface area contributed by atoms with Crippen molar-refractivity contribution in [2.75, 3.05) is 0 Å². The monoisotopic (exact) mass is 324 g/mol. The molecule has 1 aliphatic rings. The van der Waals surface area contributed by atoms with Crippen LogP contribution in [0.3, 0.4) is 0 Å². The second-order valence-electron chi connectivity index (χ2n) is 6.68. The molecule has 0 aromatic heterocycles. The second-order valence-corrected chi connectivity index (χ2v) is 6.68. The van der Waals surface area contributed by atoms with Crippen molar-refractivity contribution >= 4 is 0 Å². The first-order valence-electron chi connectivity index (χ1n) is 8.78. The summed E-state index contributed by atoms with van der Waals surface area (Å²) in [6.45, 7) is 5.79. The molecule has 0 heterocycles. The molecule has 1 saturated carbocycles. The number of allylic oxidation sites excluding steroid dienone is 1. The molecule has 0 nitrogen and oxygen atoms in total. The largest absolute Gasteiger partial charge is 0.266 e. The number of rotatable bonds is 7. The molecule has 0 aliphatic heterocycles. The molecule has 0 spiro atoms. The van der Waals surface area contributed by atoms with Crippen LogP contribution in [0.2, 0.25) is 0 Å². The molecule has 0 amide bonds. The molecule has 1 fully saturated rings. The number of benzene rings is 1. The van der Waals surface area contributed by atoms with Gasteiger partial charge in [0.2, 0.25) is 0 Å². The summed E-state index contributed by atoms with van der Waals surface area (Å²) >= 11 is 0. The average molecular weight is 324 g/mol. The fourth-order valence-corrected chi connectivity index (χ4v) is 3.85. The standard InChI is InChI=1S/C20H27F3/c1-3-5-7-16-12-13-17(19(21)18(16)20(22)23)15-10-8-14(6-4-2)9-11-15/h3,12-15,20H,1,4-11H2,2H3. The van der Waals surface area contributed by atoms with E-state index in [1.165, 1.54) is 12.8 Å². The summed E-state index contributed by atoms with van der Waals surface area (Å²) < 4.78 is 41.5. The molecule has 0 unspecified atom stereocenters. The molecule has 23 heavy (non-hydrogen) atoms. The van der Waals surface area contributed by atoms with E-state index < -0.39 is 12.2 Å². The molecule has 1 aromatic rings. The van der Waals surface area contributed by atoms with Gasteiger partial charge in [0.05, 0.1) is 5.56 Å².